The Kier molecular flexibility index (Phi) is 7.82. The van der Waals surface area contributed by atoms with E-state index >= 15 is 0 Å². The van der Waals surface area contributed by atoms with Gasteiger partial charge in [0.15, 0.2) is 5.11 Å². The first-order chi connectivity index (χ1) is 12.1. The van der Waals surface area contributed by atoms with Crippen molar-refractivity contribution in [2.24, 2.45) is 0 Å². The lowest BCUT2D eigenvalue weighted by molar-refractivity contribution is 0.0934. The van der Waals surface area contributed by atoms with E-state index in [0.717, 1.165) is 4.47 Å². The molecule has 2 rings (SSSR count). The van der Waals surface area contributed by atoms with Crippen molar-refractivity contribution in [3.63, 3.8) is 0 Å². The Morgan fingerprint density at radius 1 is 1.00 bits per heavy atom. The topological polar surface area (TPSA) is 53.2 Å². The normalized spacial score (nSPS) is 12.2. The van der Waals surface area contributed by atoms with Crippen LogP contribution in [-0.2, 0) is 0 Å². The summed E-state index contributed by atoms with van der Waals surface area (Å²) in [5, 5.41) is 9.07. The number of carbonyl (C=O) groups is 1. The fourth-order valence-electron chi connectivity index (χ4n) is 1.85. The lowest BCUT2D eigenvalue weighted by Crippen LogP contribution is -2.56. The maximum absolute atomic E-state index is 12.4. The minimum Gasteiger partial charge on any atom is -0.339 e. The van der Waals surface area contributed by atoms with Crippen LogP contribution in [0, 0.1) is 0 Å². The molecule has 3 N–H and O–H groups in total. The summed E-state index contributed by atoms with van der Waals surface area (Å²) in [6.45, 7) is 0. The molecule has 0 aliphatic heterocycles. The van der Waals surface area contributed by atoms with Crippen molar-refractivity contribution in [2.45, 2.75) is 9.96 Å². The van der Waals surface area contributed by atoms with Crippen LogP contribution in [0.4, 0.5) is 5.69 Å². The van der Waals surface area contributed by atoms with Gasteiger partial charge in [0, 0.05) is 20.7 Å². The van der Waals surface area contributed by atoms with Crippen LogP contribution in [0.15, 0.2) is 53.0 Å². The van der Waals surface area contributed by atoms with Crippen molar-refractivity contribution in [1.82, 2.24) is 10.6 Å². The first kappa shape index (κ1) is 21.5. The van der Waals surface area contributed by atoms with E-state index in [9.17, 15) is 4.79 Å². The number of hydrogen-bond acceptors (Lipinski definition) is 2. The third kappa shape index (κ3) is 6.76. The van der Waals surface area contributed by atoms with Crippen LogP contribution in [0.3, 0.4) is 0 Å². The SMILES string of the molecule is O=C(N[C@@H](NC(=S)Nc1ccc(Cl)cc1)C(Cl)(Cl)Cl)c1ccc(Br)cc1. The van der Waals surface area contributed by atoms with Crippen LogP contribution >= 0.6 is 74.6 Å². The Morgan fingerprint density at radius 3 is 2.12 bits per heavy atom. The molecule has 0 saturated carbocycles. The van der Waals surface area contributed by atoms with Gasteiger partial charge in [0.2, 0.25) is 3.79 Å². The molecule has 1 amide bonds. The average Bonchev–Trinajstić information content (AvgIpc) is 2.56. The number of alkyl halides is 3. The first-order valence-electron chi connectivity index (χ1n) is 7.11. The predicted octanol–water partition coefficient (Wildman–Crippen LogP) is 5.52. The van der Waals surface area contributed by atoms with Crippen LogP contribution in [0.25, 0.3) is 0 Å². The maximum Gasteiger partial charge on any atom is 0.252 e. The first-order valence-corrected chi connectivity index (χ1v) is 9.83. The summed E-state index contributed by atoms with van der Waals surface area (Å²) in [5.41, 5.74) is 1.10. The second-order valence-corrected chi connectivity index (χ2v) is 9.19. The van der Waals surface area contributed by atoms with Crippen molar-refractivity contribution in [3.05, 3.63) is 63.6 Å². The van der Waals surface area contributed by atoms with Gasteiger partial charge in [-0.1, -0.05) is 62.3 Å². The highest BCUT2D eigenvalue weighted by Crippen LogP contribution is 2.29. The molecule has 0 unspecified atom stereocenters. The van der Waals surface area contributed by atoms with Crippen molar-refractivity contribution in [2.75, 3.05) is 5.32 Å². The van der Waals surface area contributed by atoms with Crippen molar-refractivity contribution < 1.29 is 4.79 Å². The second-order valence-electron chi connectivity index (χ2n) is 5.06. The standard InChI is InChI=1S/C16H12BrCl4N3OS/c17-10-3-1-9(2-4-10)13(25)23-14(16(19,20)21)24-15(26)22-12-7-5-11(18)6-8-12/h1-8,14H,(H,23,25)(H2,22,24,26)/t14-/m0/s1. The number of benzene rings is 2. The third-order valence-electron chi connectivity index (χ3n) is 3.09. The smallest absolute Gasteiger partial charge is 0.252 e. The minimum atomic E-state index is -1.84. The molecule has 0 bridgehead atoms. The molecular formula is C16H12BrCl4N3OS. The summed E-state index contributed by atoms with van der Waals surface area (Å²) in [6.07, 6.45) is -1.06. The lowest BCUT2D eigenvalue weighted by Gasteiger charge is -2.27. The van der Waals surface area contributed by atoms with Crippen LogP contribution in [0.5, 0.6) is 0 Å². The van der Waals surface area contributed by atoms with Crippen molar-refractivity contribution in [3.8, 4) is 0 Å². The minimum absolute atomic E-state index is 0.166. The lowest BCUT2D eigenvalue weighted by atomic mass is 10.2. The van der Waals surface area contributed by atoms with Gasteiger partial charge < -0.3 is 16.0 Å². The zero-order chi connectivity index (χ0) is 19.3. The highest BCUT2D eigenvalue weighted by atomic mass is 79.9. The molecule has 0 aliphatic carbocycles. The van der Waals surface area contributed by atoms with Crippen LogP contribution in [0.1, 0.15) is 10.4 Å². The van der Waals surface area contributed by atoms with E-state index in [2.05, 4.69) is 31.9 Å². The largest absolute Gasteiger partial charge is 0.339 e. The fourth-order valence-corrected chi connectivity index (χ4v) is 2.80. The van der Waals surface area contributed by atoms with Crippen LogP contribution in [-0.4, -0.2) is 21.0 Å². The zero-order valence-corrected chi connectivity index (χ0v) is 18.3. The van der Waals surface area contributed by atoms with E-state index in [4.69, 9.17) is 58.6 Å². The summed E-state index contributed by atoms with van der Waals surface area (Å²) >= 11 is 32.3. The fraction of sp³-hybridized carbons (Fsp3) is 0.125. The Bertz CT molecular complexity index is 782. The average molecular weight is 516 g/mol. The van der Waals surface area contributed by atoms with E-state index in [1.807, 2.05) is 0 Å². The maximum atomic E-state index is 12.4. The molecule has 0 saturated heterocycles. The van der Waals surface area contributed by atoms with E-state index < -0.39 is 15.9 Å². The molecule has 0 spiro atoms. The van der Waals surface area contributed by atoms with E-state index in [1.54, 1.807) is 48.5 Å². The molecule has 2 aromatic carbocycles. The Morgan fingerprint density at radius 2 is 1.58 bits per heavy atom. The molecule has 0 radical (unpaired) electrons. The molecule has 0 aromatic heterocycles. The van der Waals surface area contributed by atoms with Gasteiger partial charge >= 0.3 is 0 Å². The second kappa shape index (κ2) is 9.44. The molecule has 0 fully saturated rings. The number of amides is 1. The van der Waals surface area contributed by atoms with E-state index in [-0.39, 0.29) is 5.11 Å². The van der Waals surface area contributed by atoms with Crippen LogP contribution in [0.2, 0.25) is 5.02 Å². The highest BCUT2D eigenvalue weighted by Gasteiger charge is 2.34. The molecule has 138 valence electrons. The molecule has 26 heavy (non-hydrogen) atoms. The number of hydrogen-bond donors (Lipinski definition) is 3. The molecule has 1 atom stereocenters. The quantitative estimate of drug-likeness (QED) is 0.285. The zero-order valence-electron chi connectivity index (χ0n) is 12.9. The van der Waals surface area contributed by atoms with Gasteiger partial charge in [-0.15, -0.1) is 0 Å². The van der Waals surface area contributed by atoms with Gasteiger partial charge in [0.1, 0.15) is 6.17 Å². The molecule has 0 aliphatic rings. The van der Waals surface area contributed by atoms with Gasteiger partial charge in [-0.25, -0.2) is 0 Å². The number of nitrogens with one attached hydrogen (secondary N) is 3. The number of carbonyl (C=O) groups excluding carboxylic acids is 1. The highest BCUT2D eigenvalue weighted by molar-refractivity contribution is 9.10. The molecule has 4 nitrogen and oxygen atoms in total. The van der Waals surface area contributed by atoms with Gasteiger partial charge in [-0.3, -0.25) is 4.79 Å². The summed E-state index contributed by atoms with van der Waals surface area (Å²) < 4.78 is -0.991. The summed E-state index contributed by atoms with van der Waals surface area (Å²) in [4.78, 5) is 12.4. The van der Waals surface area contributed by atoms with E-state index in [1.165, 1.54) is 0 Å². The molecule has 0 heterocycles. The summed E-state index contributed by atoms with van der Waals surface area (Å²) in [5.74, 6) is -0.421. The van der Waals surface area contributed by atoms with E-state index in [0.29, 0.717) is 16.3 Å². The summed E-state index contributed by atoms with van der Waals surface area (Å²) in [6, 6.07) is 13.6. The molecular weight excluding hydrogens is 504 g/mol. The Labute approximate surface area is 184 Å². The predicted molar refractivity (Wildman–Crippen MR) is 116 cm³/mol. The molecule has 10 heteroatoms. The van der Waals surface area contributed by atoms with Gasteiger partial charge in [-0.05, 0) is 60.7 Å². The van der Waals surface area contributed by atoms with Crippen molar-refractivity contribution in [1.29, 1.82) is 0 Å². The van der Waals surface area contributed by atoms with Crippen molar-refractivity contribution >= 4 is 91.3 Å². The monoisotopic (exact) mass is 513 g/mol. The Hall–Kier alpha value is -0.760. The Balaban J connectivity index is 2.04. The number of thiocarbonyl (C=S) groups is 1. The third-order valence-corrected chi connectivity index (χ3v) is 4.74. The van der Waals surface area contributed by atoms with Gasteiger partial charge in [0.05, 0.1) is 0 Å². The number of rotatable bonds is 4. The number of halogens is 5. The van der Waals surface area contributed by atoms with Gasteiger partial charge in [0.25, 0.3) is 5.91 Å². The number of anilines is 1. The van der Waals surface area contributed by atoms with Gasteiger partial charge in [-0.2, -0.15) is 0 Å². The summed E-state index contributed by atoms with van der Waals surface area (Å²) in [7, 11) is 0. The van der Waals surface area contributed by atoms with Crippen LogP contribution < -0.4 is 16.0 Å². The molecule has 2 aromatic rings.